The largest absolute Gasteiger partial charge is 0.497 e. The molecule has 2 heteroatoms. The highest BCUT2D eigenvalue weighted by molar-refractivity contribution is 6.20. The van der Waals surface area contributed by atoms with Gasteiger partial charge in [-0.15, -0.1) is 11.6 Å². The number of halogens is 1. The van der Waals surface area contributed by atoms with Gasteiger partial charge in [0.2, 0.25) is 0 Å². The summed E-state index contributed by atoms with van der Waals surface area (Å²) in [6.45, 7) is 4.40. The van der Waals surface area contributed by atoms with Crippen LogP contribution in [0.4, 0.5) is 0 Å². The van der Waals surface area contributed by atoms with Crippen molar-refractivity contribution in [3.05, 3.63) is 65.2 Å². The zero-order valence-corrected chi connectivity index (χ0v) is 13.0. The third-order valence-electron chi connectivity index (χ3n) is 3.51. The lowest BCUT2D eigenvalue weighted by Gasteiger charge is -2.12. The van der Waals surface area contributed by atoms with Crippen LogP contribution in [0, 0.1) is 0 Å². The highest BCUT2D eigenvalue weighted by atomic mass is 35.5. The van der Waals surface area contributed by atoms with Gasteiger partial charge in [-0.2, -0.15) is 0 Å². The third-order valence-corrected chi connectivity index (χ3v) is 3.92. The summed E-state index contributed by atoms with van der Waals surface area (Å²) in [6.07, 6.45) is 0.805. The van der Waals surface area contributed by atoms with Gasteiger partial charge in [0, 0.05) is 0 Å². The molecule has 0 saturated heterocycles. The van der Waals surface area contributed by atoms with Crippen molar-refractivity contribution in [2.75, 3.05) is 7.11 Å². The molecule has 0 aromatic heterocycles. The van der Waals surface area contributed by atoms with Crippen molar-refractivity contribution in [2.24, 2.45) is 0 Å². The molecule has 2 aromatic carbocycles. The van der Waals surface area contributed by atoms with Gasteiger partial charge in [-0.25, -0.2) is 0 Å². The molecule has 0 bridgehead atoms. The zero-order chi connectivity index (χ0) is 14.5. The molecule has 0 fully saturated rings. The topological polar surface area (TPSA) is 9.23 Å². The van der Waals surface area contributed by atoms with E-state index < -0.39 is 0 Å². The van der Waals surface area contributed by atoms with Crippen LogP contribution in [0.15, 0.2) is 48.5 Å². The van der Waals surface area contributed by atoms with Gasteiger partial charge in [-0.3, -0.25) is 0 Å². The van der Waals surface area contributed by atoms with Crippen molar-refractivity contribution in [2.45, 2.75) is 31.6 Å². The van der Waals surface area contributed by atoms with E-state index >= 15 is 0 Å². The lowest BCUT2D eigenvalue weighted by molar-refractivity contribution is 0.414. The number of methoxy groups -OCH3 is 1. The lowest BCUT2D eigenvalue weighted by atomic mass is 9.98. The normalized spacial score (nSPS) is 12.4. The quantitative estimate of drug-likeness (QED) is 0.675. The molecule has 20 heavy (non-hydrogen) atoms. The number of benzene rings is 2. The molecule has 1 unspecified atom stereocenters. The molecule has 0 amide bonds. The second-order valence-electron chi connectivity index (χ2n) is 5.34. The Kier molecular flexibility index (Phi) is 5.08. The number of alkyl halides is 1. The summed E-state index contributed by atoms with van der Waals surface area (Å²) in [5, 5.41) is -0.0108. The molecular formula is C18H21ClO. The van der Waals surface area contributed by atoms with Crippen molar-refractivity contribution in [1.82, 2.24) is 0 Å². The van der Waals surface area contributed by atoms with E-state index in [1.54, 1.807) is 7.11 Å². The minimum atomic E-state index is -0.0108. The summed E-state index contributed by atoms with van der Waals surface area (Å²) in [5.74, 6) is 1.43. The molecule has 0 aliphatic heterocycles. The molecule has 0 spiro atoms. The monoisotopic (exact) mass is 288 g/mol. The SMILES string of the molecule is COc1cccc(CC(Cl)c2ccc(C(C)C)cc2)c1. The first-order valence-electron chi connectivity index (χ1n) is 6.97. The van der Waals surface area contributed by atoms with Crippen molar-refractivity contribution < 1.29 is 4.74 Å². The molecule has 0 aliphatic carbocycles. The van der Waals surface area contributed by atoms with E-state index in [2.05, 4.69) is 44.2 Å². The van der Waals surface area contributed by atoms with Crippen LogP contribution in [0.1, 0.15) is 41.8 Å². The molecule has 2 rings (SSSR count). The smallest absolute Gasteiger partial charge is 0.119 e. The summed E-state index contributed by atoms with van der Waals surface area (Å²) in [6, 6.07) is 16.7. The Morgan fingerprint density at radius 3 is 2.25 bits per heavy atom. The fraction of sp³-hybridized carbons (Fsp3) is 0.333. The lowest BCUT2D eigenvalue weighted by Crippen LogP contribution is -1.97. The van der Waals surface area contributed by atoms with E-state index in [0.29, 0.717) is 5.92 Å². The number of hydrogen-bond donors (Lipinski definition) is 0. The van der Waals surface area contributed by atoms with Gasteiger partial charge in [0.15, 0.2) is 0 Å². The van der Waals surface area contributed by atoms with Gasteiger partial charge in [-0.05, 0) is 41.2 Å². The standard InChI is InChI=1S/C18H21ClO/c1-13(2)15-7-9-16(10-8-15)18(19)12-14-5-4-6-17(11-14)20-3/h4-11,13,18H,12H2,1-3H3. The predicted molar refractivity (Wildman–Crippen MR) is 85.8 cm³/mol. The summed E-state index contributed by atoms with van der Waals surface area (Å²) in [5.41, 5.74) is 3.70. The van der Waals surface area contributed by atoms with Crippen molar-refractivity contribution in [3.63, 3.8) is 0 Å². The van der Waals surface area contributed by atoms with Crippen molar-refractivity contribution in [3.8, 4) is 5.75 Å². The van der Waals surface area contributed by atoms with Crippen LogP contribution in [-0.2, 0) is 6.42 Å². The van der Waals surface area contributed by atoms with Crippen LogP contribution < -0.4 is 4.74 Å². The fourth-order valence-corrected chi connectivity index (χ4v) is 2.54. The van der Waals surface area contributed by atoms with E-state index in [9.17, 15) is 0 Å². The van der Waals surface area contributed by atoms with Crippen LogP contribution in [0.25, 0.3) is 0 Å². The van der Waals surface area contributed by atoms with E-state index in [1.807, 2.05) is 18.2 Å². The van der Waals surface area contributed by atoms with E-state index in [0.717, 1.165) is 12.2 Å². The van der Waals surface area contributed by atoms with Gasteiger partial charge >= 0.3 is 0 Å². The summed E-state index contributed by atoms with van der Waals surface area (Å²) in [4.78, 5) is 0. The first-order valence-corrected chi connectivity index (χ1v) is 7.40. The van der Waals surface area contributed by atoms with Crippen LogP contribution in [0.2, 0.25) is 0 Å². The highest BCUT2D eigenvalue weighted by Gasteiger charge is 2.10. The fourth-order valence-electron chi connectivity index (χ4n) is 2.21. The van der Waals surface area contributed by atoms with Gasteiger partial charge < -0.3 is 4.74 Å². The molecular weight excluding hydrogens is 268 g/mol. The van der Waals surface area contributed by atoms with Crippen LogP contribution >= 0.6 is 11.6 Å². The summed E-state index contributed by atoms with van der Waals surface area (Å²) >= 11 is 6.53. The zero-order valence-electron chi connectivity index (χ0n) is 12.3. The second kappa shape index (κ2) is 6.81. The van der Waals surface area contributed by atoms with Crippen molar-refractivity contribution >= 4 is 11.6 Å². The molecule has 1 atom stereocenters. The Bertz CT molecular complexity index is 546. The molecule has 106 valence electrons. The molecule has 0 N–H and O–H groups in total. The van der Waals surface area contributed by atoms with Crippen LogP contribution in [0.3, 0.4) is 0 Å². The van der Waals surface area contributed by atoms with Crippen LogP contribution in [-0.4, -0.2) is 7.11 Å². The Balaban J connectivity index is 2.08. The van der Waals surface area contributed by atoms with Gasteiger partial charge in [-0.1, -0.05) is 50.2 Å². The number of hydrogen-bond acceptors (Lipinski definition) is 1. The maximum Gasteiger partial charge on any atom is 0.119 e. The first kappa shape index (κ1) is 14.9. The highest BCUT2D eigenvalue weighted by Crippen LogP contribution is 2.27. The average molecular weight is 289 g/mol. The molecule has 0 radical (unpaired) electrons. The predicted octanol–water partition coefficient (Wildman–Crippen LogP) is 5.34. The maximum atomic E-state index is 6.53. The molecule has 0 saturated carbocycles. The number of ether oxygens (including phenoxy) is 1. The summed E-state index contributed by atoms with van der Waals surface area (Å²) < 4.78 is 5.24. The van der Waals surface area contributed by atoms with E-state index in [1.165, 1.54) is 16.7 Å². The Morgan fingerprint density at radius 2 is 1.65 bits per heavy atom. The summed E-state index contributed by atoms with van der Waals surface area (Å²) in [7, 11) is 1.68. The minimum Gasteiger partial charge on any atom is -0.497 e. The van der Waals surface area contributed by atoms with E-state index in [-0.39, 0.29) is 5.38 Å². The van der Waals surface area contributed by atoms with Gasteiger partial charge in [0.25, 0.3) is 0 Å². The molecule has 0 heterocycles. The Hall–Kier alpha value is -1.47. The molecule has 0 aliphatic rings. The average Bonchev–Trinajstić information content (AvgIpc) is 2.47. The van der Waals surface area contributed by atoms with Crippen LogP contribution in [0.5, 0.6) is 5.75 Å². The first-order chi connectivity index (χ1) is 9.60. The van der Waals surface area contributed by atoms with Gasteiger partial charge in [0.05, 0.1) is 12.5 Å². The van der Waals surface area contributed by atoms with Crippen molar-refractivity contribution in [1.29, 1.82) is 0 Å². The van der Waals surface area contributed by atoms with E-state index in [4.69, 9.17) is 16.3 Å². The molecule has 2 aromatic rings. The Labute approximate surface area is 126 Å². The third kappa shape index (κ3) is 3.77. The maximum absolute atomic E-state index is 6.53. The minimum absolute atomic E-state index is 0.0108. The molecule has 1 nitrogen and oxygen atoms in total. The number of rotatable bonds is 5. The second-order valence-corrected chi connectivity index (χ2v) is 5.87. The Morgan fingerprint density at radius 1 is 1.00 bits per heavy atom. The van der Waals surface area contributed by atoms with Gasteiger partial charge in [0.1, 0.15) is 5.75 Å².